The van der Waals surface area contributed by atoms with Gasteiger partial charge < -0.3 is 34.9 Å². The van der Waals surface area contributed by atoms with Crippen molar-refractivity contribution in [2.75, 3.05) is 58.4 Å². The molecule has 2 atom stereocenters. The molecule has 1 heterocycles. The molecule has 0 saturated carbocycles. The van der Waals surface area contributed by atoms with Crippen molar-refractivity contribution in [3.05, 3.63) is 45.6 Å². The number of methoxy groups -OCH3 is 3. The van der Waals surface area contributed by atoms with E-state index in [1.165, 1.54) is 6.92 Å². The first-order valence-electron chi connectivity index (χ1n) is 14.7. The molecule has 0 radical (unpaired) electrons. The first-order valence-corrected chi connectivity index (χ1v) is 16.1. The summed E-state index contributed by atoms with van der Waals surface area (Å²) in [5, 5.41) is 9.37. The van der Waals surface area contributed by atoms with Gasteiger partial charge in [-0.05, 0) is 84.9 Å². The minimum atomic E-state index is -0.584. The van der Waals surface area contributed by atoms with Crippen molar-refractivity contribution in [2.45, 2.75) is 51.1 Å². The Morgan fingerprint density at radius 1 is 1.05 bits per heavy atom. The Hall–Kier alpha value is -3.44. The molecule has 4 rings (SSSR count). The van der Waals surface area contributed by atoms with Crippen molar-refractivity contribution in [3.63, 3.8) is 0 Å². The number of aryl methyl sites for hydroxylation is 1. The molecular formula is C32H43N3O7S. The van der Waals surface area contributed by atoms with Crippen LogP contribution in [0.3, 0.4) is 0 Å². The fourth-order valence-electron chi connectivity index (χ4n) is 5.84. The lowest BCUT2D eigenvalue weighted by molar-refractivity contribution is -0.122. The van der Waals surface area contributed by atoms with Crippen LogP contribution >= 0.6 is 11.8 Å². The number of fused-ring (bicyclic) bond motifs is 3. The number of hydrogen-bond acceptors (Lipinski definition) is 9. The Balaban J connectivity index is 1.77. The summed E-state index contributed by atoms with van der Waals surface area (Å²) in [6.45, 7) is 3.48. The van der Waals surface area contributed by atoms with Crippen LogP contribution in [0.4, 0.5) is 5.69 Å². The van der Waals surface area contributed by atoms with E-state index in [0.717, 1.165) is 35.3 Å². The molecule has 0 unspecified atom stereocenters. The van der Waals surface area contributed by atoms with Gasteiger partial charge >= 0.3 is 0 Å². The second-order valence-electron chi connectivity index (χ2n) is 10.9. The van der Waals surface area contributed by atoms with Gasteiger partial charge in [-0.2, -0.15) is 11.8 Å². The molecule has 234 valence electrons. The lowest BCUT2D eigenvalue weighted by Crippen LogP contribution is -2.43. The van der Waals surface area contributed by atoms with Crippen molar-refractivity contribution in [1.29, 1.82) is 0 Å². The van der Waals surface area contributed by atoms with Crippen LogP contribution < -0.4 is 35.6 Å². The SMILES string of the molecule is COc1cc2c(c(OC)c1OC)-c1ccc(N[C@H](CCSC)C(=O)NCC3CCOCC3)c(=O)cc1[C@@H](NC(C)=O)CC2. The summed E-state index contributed by atoms with van der Waals surface area (Å²) in [7, 11) is 4.69. The van der Waals surface area contributed by atoms with Crippen LogP contribution in [0.15, 0.2) is 29.1 Å². The van der Waals surface area contributed by atoms with E-state index >= 15 is 0 Å². The number of nitrogens with one attached hydrogen (secondary N) is 3. The second kappa shape index (κ2) is 15.3. The molecule has 2 aromatic rings. The molecule has 2 aromatic carbocycles. The molecule has 0 aromatic heterocycles. The van der Waals surface area contributed by atoms with E-state index in [4.69, 9.17) is 18.9 Å². The summed E-state index contributed by atoms with van der Waals surface area (Å²) in [6, 6.07) is 6.06. The summed E-state index contributed by atoms with van der Waals surface area (Å²) in [5.41, 5.74) is 3.16. The number of hydrogen-bond donors (Lipinski definition) is 3. The van der Waals surface area contributed by atoms with Gasteiger partial charge in [0, 0.05) is 32.2 Å². The Kier molecular flexibility index (Phi) is 11.6. The molecule has 43 heavy (non-hydrogen) atoms. The number of carbonyl (C=O) groups is 2. The first kappa shape index (κ1) is 32.5. The van der Waals surface area contributed by atoms with Gasteiger partial charge in [0.1, 0.15) is 6.04 Å². The molecule has 2 amide bonds. The third kappa shape index (κ3) is 7.75. The van der Waals surface area contributed by atoms with Crippen molar-refractivity contribution in [3.8, 4) is 28.4 Å². The molecule has 1 saturated heterocycles. The topological polar surface area (TPSA) is 124 Å². The minimum Gasteiger partial charge on any atom is -0.493 e. The van der Waals surface area contributed by atoms with Gasteiger partial charge in [-0.25, -0.2) is 0 Å². The number of thioether (sulfide) groups is 1. The number of ether oxygens (including phenoxy) is 4. The molecule has 2 aliphatic rings. The Bertz CT molecular complexity index is 1360. The monoisotopic (exact) mass is 613 g/mol. The average molecular weight is 614 g/mol. The van der Waals surface area contributed by atoms with Gasteiger partial charge in [0.15, 0.2) is 11.5 Å². The van der Waals surface area contributed by atoms with E-state index in [-0.39, 0.29) is 17.2 Å². The van der Waals surface area contributed by atoms with Crippen LogP contribution in [0.1, 0.15) is 49.8 Å². The highest BCUT2D eigenvalue weighted by Crippen LogP contribution is 2.50. The number of benzene rings is 1. The Labute approximate surface area is 257 Å². The van der Waals surface area contributed by atoms with Crippen molar-refractivity contribution in [2.24, 2.45) is 5.92 Å². The summed E-state index contributed by atoms with van der Waals surface area (Å²) >= 11 is 1.65. The summed E-state index contributed by atoms with van der Waals surface area (Å²) < 4.78 is 22.6. The maximum atomic E-state index is 13.8. The maximum absolute atomic E-state index is 13.8. The highest BCUT2D eigenvalue weighted by molar-refractivity contribution is 7.98. The highest BCUT2D eigenvalue weighted by Gasteiger charge is 2.30. The lowest BCUT2D eigenvalue weighted by Gasteiger charge is -2.24. The van der Waals surface area contributed by atoms with Gasteiger partial charge in [0.2, 0.25) is 23.0 Å². The van der Waals surface area contributed by atoms with Gasteiger partial charge in [-0.15, -0.1) is 0 Å². The Morgan fingerprint density at radius 2 is 1.79 bits per heavy atom. The molecule has 0 bridgehead atoms. The molecule has 10 nitrogen and oxygen atoms in total. The molecule has 11 heteroatoms. The van der Waals surface area contributed by atoms with Gasteiger partial charge in [-0.1, -0.05) is 6.07 Å². The third-order valence-corrected chi connectivity index (χ3v) is 8.72. The Morgan fingerprint density at radius 3 is 2.44 bits per heavy atom. The third-order valence-electron chi connectivity index (χ3n) is 8.08. The fraction of sp³-hybridized carbons (Fsp3) is 0.531. The predicted molar refractivity (Wildman–Crippen MR) is 170 cm³/mol. The van der Waals surface area contributed by atoms with Gasteiger partial charge in [0.05, 0.1) is 33.1 Å². The normalized spacial score (nSPS) is 17.0. The summed E-state index contributed by atoms with van der Waals surface area (Å²) in [5.74, 6) is 2.28. The second-order valence-corrected chi connectivity index (χ2v) is 11.9. The molecule has 0 spiro atoms. The first-order chi connectivity index (χ1) is 20.8. The molecular weight excluding hydrogens is 570 g/mol. The zero-order chi connectivity index (χ0) is 30.9. The van der Waals surface area contributed by atoms with Gasteiger partial charge in [0.25, 0.3) is 0 Å². The molecule has 3 N–H and O–H groups in total. The smallest absolute Gasteiger partial charge is 0.242 e. The predicted octanol–water partition coefficient (Wildman–Crippen LogP) is 3.94. The average Bonchev–Trinajstić information content (AvgIpc) is 3.25. The number of anilines is 1. The number of rotatable bonds is 12. The van der Waals surface area contributed by atoms with Crippen LogP contribution in [0.5, 0.6) is 17.2 Å². The lowest BCUT2D eigenvalue weighted by atomic mass is 9.95. The molecule has 1 fully saturated rings. The van der Waals surface area contributed by atoms with Crippen molar-refractivity contribution >= 4 is 29.3 Å². The number of carbonyl (C=O) groups excluding carboxylic acids is 2. The van der Waals surface area contributed by atoms with E-state index < -0.39 is 12.1 Å². The quantitative estimate of drug-likeness (QED) is 0.327. The van der Waals surface area contributed by atoms with E-state index in [0.29, 0.717) is 73.4 Å². The summed E-state index contributed by atoms with van der Waals surface area (Å²) in [4.78, 5) is 39.3. The minimum absolute atomic E-state index is 0.131. The van der Waals surface area contributed by atoms with E-state index in [9.17, 15) is 14.4 Å². The van der Waals surface area contributed by atoms with Crippen molar-refractivity contribution in [1.82, 2.24) is 10.6 Å². The van der Waals surface area contributed by atoms with Gasteiger partial charge in [-0.3, -0.25) is 14.4 Å². The molecule has 1 aliphatic carbocycles. The molecule has 1 aliphatic heterocycles. The number of amides is 2. The zero-order valence-electron chi connectivity index (χ0n) is 25.7. The maximum Gasteiger partial charge on any atom is 0.242 e. The van der Waals surface area contributed by atoms with Crippen molar-refractivity contribution < 1.29 is 28.5 Å². The van der Waals surface area contributed by atoms with E-state index in [1.54, 1.807) is 45.2 Å². The van der Waals surface area contributed by atoms with E-state index in [2.05, 4.69) is 16.0 Å². The van der Waals surface area contributed by atoms with Crippen LogP contribution in [-0.2, 0) is 20.7 Å². The van der Waals surface area contributed by atoms with Crippen LogP contribution in [0, 0.1) is 5.92 Å². The van der Waals surface area contributed by atoms with Crippen LogP contribution in [0.25, 0.3) is 11.1 Å². The van der Waals surface area contributed by atoms with E-state index in [1.807, 2.05) is 18.4 Å². The summed E-state index contributed by atoms with van der Waals surface area (Å²) in [6.07, 6.45) is 5.57. The highest BCUT2D eigenvalue weighted by atomic mass is 32.2. The standard InChI is InChI=1S/C32H43N3O7S/c1-19(36)34-24-8-6-21-16-28(39-2)30(40-3)31(41-4)29(21)22-7-9-25(27(37)17-23(22)24)35-26(12-15-43-5)32(38)33-18-20-10-13-42-14-11-20/h7,9,16-17,20,24,26H,6,8,10-15,18H2,1-5H3,(H,33,38)(H,34,36)(H,35,37)/t24-,26+/m0/s1. The fourth-order valence-corrected chi connectivity index (χ4v) is 6.31. The van der Waals surface area contributed by atoms with Crippen LogP contribution in [0.2, 0.25) is 0 Å². The zero-order valence-corrected chi connectivity index (χ0v) is 26.5. The van der Waals surface area contributed by atoms with Crippen LogP contribution in [-0.4, -0.2) is 71.0 Å². The largest absolute Gasteiger partial charge is 0.493 e.